The molecule has 0 aromatic carbocycles. The predicted molar refractivity (Wildman–Crippen MR) is 302 cm³/mol. The first kappa shape index (κ1) is 70.7. The zero-order valence-corrected chi connectivity index (χ0v) is 48.8. The van der Waals surface area contributed by atoms with E-state index in [0.29, 0.717) is 25.7 Å². The normalized spacial score (nSPS) is 19.4. The van der Waals surface area contributed by atoms with Crippen molar-refractivity contribution in [2.24, 2.45) is 0 Å². The maximum absolute atomic E-state index is 13.9. The lowest BCUT2D eigenvalue weighted by Crippen LogP contribution is -2.74. The van der Waals surface area contributed by atoms with Gasteiger partial charge in [0.05, 0.1) is 19.4 Å². The van der Waals surface area contributed by atoms with Gasteiger partial charge in [0.15, 0.2) is 0 Å². The van der Waals surface area contributed by atoms with E-state index < -0.39 is 73.0 Å². The second kappa shape index (κ2) is 48.8. The Morgan fingerprint density at radius 2 is 0.760 bits per heavy atom. The summed E-state index contributed by atoms with van der Waals surface area (Å²) in [4.78, 5) is 54.0. The van der Waals surface area contributed by atoms with Gasteiger partial charge in [-0.1, -0.05) is 259 Å². The Morgan fingerprint density at radius 3 is 1.09 bits per heavy atom. The van der Waals surface area contributed by atoms with Crippen LogP contribution in [-0.2, 0) is 38.1 Å². The van der Waals surface area contributed by atoms with Crippen LogP contribution in [0.4, 0.5) is 0 Å². The lowest BCUT2D eigenvalue weighted by atomic mass is 9.93. The van der Waals surface area contributed by atoms with Crippen LogP contribution in [0.5, 0.6) is 0 Å². The van der Waals surface area contributed by atoms with Gasteiger partial charge in [-0.25, -0.2) is 0 Å². The second-order valence-electron chi connectivity index (χ2n) is 22.4. The van der Waals surface area contributed by atoms with Gasteiger partial charge < -0.3 is 44.7 Å². The average Bonchev–Trinajstić information content (AvgIpc) is 3.38. The zero-order valence-electron chi connectivity index (χ0n) is 48.8. The van der Waals surface area contributed by atoms with E-state index in [2.05, 4.69) is 33.0 Å². The molecule has 0 radical (unpaired) electrons. The van der Waals surface area contributed by atoms with Crippen molar-refractivity contribution in [1.29, 1.82) is 0 Å². The van der Waals surface area contributed by atoms with Gasteiger partial charge in [-0.3, -0.25) is 19.2 Å². The number of carbonyl (C=O) groups excluding carboxylic acids is 4. The Labute approximate surface area is 458 Å². The van der Waals surface area contributed by atoms with Gasteiger partial charge >= 0.3 is 17.9 Å². The van der Waals surface area contributed by atoms with Crippen molar-refractivity contribution in [3.8, 4) is 0 Å². The monoisotopic (exact) mass is 1070 g/mol. The number of hydrogen-bond acceptors (Lipinski definition) is 12. The molecule has 13 heteroatoms. The summed E-state index contributed by atoms with van der Waals surface area (Å²) in [5, 5.41) is 46.7. The van der Waals surface area contributed by atoms with Gasteiger partial charge in [-0.05, 0) is 38.5 Å². The van der Waals surface area contributed by atoms with E-state index in [1.165, 1.54) is 154 Å². The molecule has 1 amide bonds. The molecule has 1 aliphatic heterocycles. The van der Waals surface area contributed by atoms with Crippen molar-refractivity contribution in [2.75, 3.05) is 6.61 Å². The molecule has 0 aliphatic carbocycles. The maximum Gasteiger partial charge on any atom is 0.312 e. The van der Waals surface area contributed by atoms with Gasteiger partial charge in [0.2, 0.25) is 11.6 Å². The van der Waals surface area contributed by atoms with E-state index in [-0.39, 0.29) is 25.7 Å². The zero-order chi connectivity index (χ0) is 55.0. The third kappa shape index (κ3) is 37.2. The number of rotatable bonds is 53. The highest BCUT2D eigenvalue weighted by atomic mass is 16.7. The molecule has 1 heterocycles. The molecule has 0 saturated carbocycles. The van der Waals surface area contributed by atoms with Crippen molar-refractivity contribution >= 4 is 23.8 Å². The summed E-state index contributed by atoms with van der Waals surface area (Å²) >= 11 is 0. The molecule has 0 aromatic rings. The summed E-state index contributed by atoms with van der Waals surface area (Å²) in [5.41, 5.74) is -2.85. The van der Waals surface area contributed by atoms with Crippen LogP contribution in [0.3, 0.4) is 0 Å². The smallest absolute Gasteiger partial charge is 0.312 e. The molecule has 1 rings (SSSR count). The van der Waals surface area contributed by atoms with Crippen molar-refractivity contribution in [3.05, 3.63) is 0 Å². The number of ether oxygens (including phenoxy) is 4. The lowest BCUT2D eigenvalue weighted by Gasteiger charge is -2.47. The van der Waals surface area contributed by atoms with Crippen molar-refractivity contribution in [2.45, 2.75) is 366 Å². The van der Waals surface area contributed by atoms with E-state index in [0.717, 1.165) is 89.9 Å². The lowest BCUT2D eigenvalue weighted by molar-refractivity contribution is -0.339. The first-order valence-electron chi connectivity index (χ1n) is 31.7. The molecule has 0 bridgehead atoms. The van der Waals surface area contributed by atoms with Crippen molar-refractivity contribution in [1.82, 2.24) is 5.32 Å². The first-order valence-corrected chi connectivity index (χ1v) is 31.7. The Balaban J connectivity index is 3.01. The topological polar surface area (TPSA) is 198 Å². The molecule has 7 atom stereocenters. The molecule has 5 N–H and O–H groups in total. The third-order valence-electron chi connectivity index (χ3n) is 15.2. The minimum atomic E-state index is -2.85. The van der Waals surface area contributed by atoms with Crippen molar-refractivity contribution in [3.63, 3.8) is 0 Å². The quantitative estimate of drug-likeness (QED) is 0.0167. The highest BCUT2D eigenvalue weighted by Crippen LogP contribution is 2.31. The summed E-state index contributed by atoms with van der Waals surface area (Å²) < 4.78 is 23.2. The highest BCUT2D eigenvalue weighted by Gasteiger charge is 2.58. The second-order valence-corrected chi connectivity index (χ2v) is 22.4. The van der Waals surface area contributed by atoms with Crippen LogP contribution >= 0.6 is 0 Å². The number of carbonyl (C=O) groups is 4. The van der Waals surface area contributed by atoms with E-state index >= 15 is 0 Å². The molecular formula is C62H117NO12. The molecule has 13 nitrogen and oxygen atoms in total. The number of esters is 3. The fourth-order valence-corrected chi connectivity index (χ4v) is 10.3. The molecular weight excluding hydrogens is 951 g/mol. The van der Waals surface area contributed by atoms with E-state index in [1.54, 1.807) is 0 Å². The molecule has 0 aromatic heterocycles. The third-order valence-corrected chi connectivity index (χ3v) is 15.2. The van der Waals surface area contributed by atoms with Crippen LogP contribution < -0.4 is 5.32 Å². The Hall–Kier alpha value is -2.32. The molecule has 0 spiro atoms. The molecule has 1 fully saturated rings. The van der Waals surface area contributed by atoms with Crippen LogP contribution in [0.2, 0.25) is 0 Å². The fraction of sp³-hybridized carbons (Fsp3) is 0.935. The van der Waals surface area contributed by atoms with Crippen LogP contribution in [-0.4, -0.2) is 93.4 Å². The average molecular weight is 1070 g/mol. The predicted octanol–water partition coefficient (Wildman–Crippen LogP) is 14.6. The summed E-state index contributed by atoms with van der Waals surface area (Å²) in [7, 11) is 0. The van der Waals surface area contributed by atoms with Crippen LogP contribution in [0.1, 0.15) is 323 Å². The number of nitrogens with one attached hydrogen (secondary N) is 1. The first-order chi connectivity index (χ1) is 36.4. The van der Waals surface area contributed by atoms with Crippen LogP contribution in [0.15, 0.2) is 0 Å². The summed E-state index contributed by atoms with van der Waals surface area (Å²) in [6, 6.07) is 0. The minimum Gasteiger partial charge on any atom is -0.462 e. The fourth-order valence-electron chi connectivity index (χ4n) is 10.3. The van der Waals surface area contributed by atoms with Crippen molar-refractivity contribution < 1.29 is 58.6 Å². The highest BCUT2D eigenvalue weighted by molar-refractivity contribution is 5.78. The number of unbranched alkanes of at least 4 members (excludes halogenated alkanes) is 36. The Bertz CT molecular complexity index is 1370. The van der Waals surface area contributed by atoms with E-state index in [9.17, 15) is 39.6 Å². The molecule has 75 heavy (non-hydrogen) atoms. The summed E-state index contributed by atoms with van der Waals surface area (Å²) in [6.45, 7) is 8.07. The number of amides is 1. The SMILES string of the molecule is CCCCCCCCCCCCCC(=O)O[C@H](CCCCCCCCCCC)CC(=O)N[C@]1(O)[C@H](OC(=O)C[C@@H](CCCCCCCCCCC)OC(=O)CCCCCCCCCCCCC)O[C@H](CO)[C@@H](O)[C@@H]1O. The summed E-state index contributed by atoms with van der Waals surface area (Å²) in [5.74, 6) is -2.54. The molecule has 1 aliphatic rings. The standard InChI is InChI=1S/C62H117NO12/c1-5-9-13-17-21-25-27-31-35-39-43-47-56(66)72-52(45-41-37-33-29-23-19-15-11-7-3)49-55(65)63-62(71)60(70)59(69)54(51-64)74-61(62)75-58(68)50-53(46-42-38-34-30-24-20-16-12-8-4)73-57(67)48-44-40-36-32-28-26-22-18-14-10-6-2/h52-54,59-61,64,69-71H,5-51H2,1-4H3,(H,63,65)/t52-,53-,54-,59-,60+,61+,62-/m1/s1. The number of aliphatic hydroxyl groups is 4. The van der Waals surface area contributed by atoms with Gasteiger partial charge in [0, 0.05) is 12.8 Å². The van der Waals surface area contributed by atoms with Gasteiger partial charge in [-0.2, -0.15) is 0 Å². The van der Waals surface area contributed by atoms with Gasteiger partial charge in [0.1, 0.15) is 30.5 Å². The van der Waals surface area contributed by atoms with Gasteiger partial charge in [0.25, 0.3) is 6.29 Å². The number of aliphatic hydroxyl groups excluding tert-OH is 3. The van der Waals surface area contributed by atoms with E-state index in [4.69, 9.17) is 18.9 Å². The Kier molecular flexibility index (Phi) is 46.0. The maximum atomic E-state index is 13.9. The van der Waals surface area contributed by atoms with E-state index in [1.807, 2.05) is 0 Å². The minimum absolute atomic E-state index is 0.227. The molecule has 1 saturated heterocycles. The van der Waals surface area contributed by atoms with Gasteiger partial charge in [-0.15, -0.1) is 0 Å². The largest absolute Gasteiger partial charge is 0.462 e. The molecule has 442 valence electrons. The summed E-state index contributed by atoms with van der Waals surface area (Å²) in [6.07, 6.45) is 36.4. The number of hydrogen-bond donors (Lipinski definition) is 5. The molecule has 0 unspecified atom stereocenters. The van der Waals surface area contributed by atoms with Crippen LogP contribution in [0.25, 0.3) is 0 Å². The Morgan fingerprint density at radius 1 is 0.453 bits per heavy atom. The van der Waals surface area contributed by atoms with Crippen LogP contribution in [0, 0.1) is 0 Å².